The van der Waals surface area contributed by atoms with E-state index in [1.165, 1.54) is 24.0 Å². The molecular weight excluding hydrogens is 312 g/mol. The molecule has 1 amide bonds. The maximum absolute atomic E-state index is 12.8. The van der Waals surface area contributed by atoms with Crippen LogP contribution in [0.25, 0.3) is 0 Å². The maximum Gasteiger partial charge on any atom is 0.330 e. The molecule has 2 fully saturated rings. The van der Waals surface area contributed by atoms with Crippen molar-refractivity contribution in [1.29, 1.82) is 0 Å². The number of aromatic nitrogens is 3. The van der Waals surface area contributed by atoms with Gasteiger partial charge < -0.3 is 9.64 Å². The van der Waals surface area contributed by atoms with E-state index in [0.717, 1.165) is 4.90 Å². The minimum atomic E-state index is -3.73. The lowest BCUT2D eigenvalue weighted by molar-refractivity contribution is -0.161. The zero-order chi connectivity index (χ0) is 16.1. The highest BCUT2D eigenvalue weighted by Gasteiger charge is 2.70. The van der Waals surface area contributed by atoms with Crippen LogP contribution in [0.2, 0.25) is 0 Å². The Balaban J connectivity index is 2.06. The summed E-state index contributed by atoms with van der Waals surface area (Å²) in [7, 11) is -3.73. The molecule has 0 spiro atoms. The van der Waals surface area contributed by atoms with Gasteiger partial charge in [-0.1, -0.05) is 5.21 Å². The molecule has 0 N–H and O–H groups in total. The average molecular weight is 328 g/mol. The van der Waals surface area contributed by atoms with Crippen LogP contribution in [0.5, 0.6) is 0 Å². The van der Waals surface area contributed by atoms with Crippen molar-refractivity contribution in [3.8, 4) is 0 Å². The molecule has 2 saturated heterocycles. The Hall–Kier alpha value is -1.97. The molecule has 0 radical (unpaired) electrons. The van der Waals surface area contributed by atoms with Crippen molar-refractivity contribution in [3.05, 3.63) is 12.4 Å². The van der Waals surface area contributed by atoms with Gasteiger partial charge in [-0.3, -0.25) is 9.48 Å². The lowest BCUT2D eigenvalue weighted by atomic mass is 9.96. The molecule has 3 atom stereocenters. The monoisotopic (exact) mass is 328 g/mol. The van der Waals surface area contributed by atoms with E-state index in [0.29, 0.717) is 0 Å². The number of β-lactam (4-membered cyclic amide) rings is 1. The first kappa shape index (κ1) is 14.9. The van der Waals surface area contributed by atoms with Gasteiger partial charge in [-0.2, -0.15) is 0 Å². The van der Waals surface area contributed by atoms with Gasteiger partial charge in [0, 0.05) is 6.20 Å². The highest BCUT2D eigenvalue weighted by atomic mass is 32.2. The molecule has 1 aromatic rings. The number of hydrogen-bond donors (Lipinski definition) is 0. The number of carbonyl (C=O) groups is 2. The quantitative estimate of drug-likeness (QED) is 0.512. The second-order valence-electron chi connectivity index (χ2n) is 5.57. The Kier molecular flexibility index (Phi) is 3.24. The van der Waals surface area contributed by atoms with E-state index in [4.69, 9.17) is 4.74 Å². The number of sulfone groups is 1. The third kappa shape index (κ3) is 1.79. The summed E-state index contributed by atoms with van der Waals surface area (Å²) in [6.07, 6.45) is 2.84. The van der Waals surface area contributed by atoms with E-state index in [-0.39, 0.29) is 25.5 Å². The second-order valence-corrected chi connectivity index (χ2v) is 8.14. The molecule has 9 nitrogen and oxygen atoms in total. The fraction of sp³-hybridized carbons (Fsp3) is 0.667. The van der Waals surface area contributed by atoms with Gasteiger partial charge in [-0.25, -0.2) is 13.2 Å². The second kappa shape index (κ2) is 4.77. The standard InChI is InChI=1S/C12H16N4O5S/c1-3-21-11(18)10-12(2,7-15-5-4-13-14-15)22(19,20)9-6-8(17)16(9)10/h4-5,9-10H,3,6-7H2,1-2H3/t9-,10+,12+/m1/s1. The summed E-state index contributed by atoms with van der Waals surface area (Å²) in [4.78, 5) is 25.2. The summed E-state index contributed by atoms with van der Waals surface area (Å²) >= 11 is 0. The third-order valence-corrected chi connectivity index (χ3v) is 7.03. The summed E-state index contributed by atoms with van der Waals surface area (Å²) < 4.78 is 30.5. The van der Waals surface area contributed by atoms with Gasteiger partial charge in [0.05, 0.1) is 25.8 Å². The zero-order valence-corrected chi connectivity index (χ0v) is 13.0. The predicted octanol–water partition coefficient (Wildman–Crippen LogP) is -1.04. The molecule has 0 aliphatic carbocycles. The summed E-state index contributed by atoms with van der Waals surface area (Å²) in [6.45, 7) is 3.13. The maximum atomic E-state index is 12.8. The van der Waals surface area contributed by atoms with Gasteiger partial charge in [0.15, 0.2) is 15.9 Å². The number of fused-ring (bicyclic) bond motifs is 1. The van der Waals surface area contributed by atoms with Gasteiger partial charge in [-0.15, -0.1) is 5.10 Å². The molecule has 0 bridgehead atoms. The number of carbonyl (C=O) groups excluding carboxylic acids is 2. The molecule has 3 rings (SSSR count). The highest BCUT2D eigenvalue weighted by Crippen LogP contribution is 2.47. The topological polar surface area (TPSA) is 111 Å². The van der Waals surface area contributed by atoms with Crippen LogP contribution >= 0.6 is 0 Å². The minimum Gasteiger partial charge on any atom is -0.464 e. The number of esters is 1. The summed E-state index contributed by atoms with van der Waals surface area (Å²) in [6, 6.07) is -1.16. The Labute approximate surface area is 127 Å². The molecule has 3 heterocycles. The molecule has 10 heteroatoms. The SMILES string of the molecule is CCOC(=O)[C@@H]1N2C(=O)C[C@H]2S(=O)(=O)[C@@]1(C)Cn1ccnn1. The largest absolute Gasteiger partial charge is 0.464 e. The predicted molar refractivity (Wildman–Crippen MR) is 73.0 cm³/mol. The Morgan fingerprint density at radius 3 is 2.82 bits per heavy atom. The van der Waals surface area contributed by atoms with Gasteiger partial charge in [-0.05, 0) is 13.8 Å². The van der Waals surface area contributed by atoms with Crippen molar-refractivity contribution in [3.63, 3.8) is 0 Å². The molecule has 0 aromatic carbocycles. The van der Waals surface area contributed by atoms with E-state index in [9.17, 15) is 18.0 Å². The van der Waals surface area contributed by atoms with Crippen molar-refractivity contribution >= 4 is 21.7 Å². The molecule has 0 unspecified atom stereocenters. The molecule has 120 valence electrons. The molecule has 22 heavy (non-hydrogen) atoms. The van der Waals surface area contributed by atoms with Crippen LogP contribution in [0, 0.1) is 0 Å². The van der Waals surface area contributed by atoms with Crippen molar-refractivity contribution in [2.24, 2.45) is 0 Å². The van der Waals surface area contributed by atoms with Crippen molar-refractivity contribution in [1.82, 2.24) is 19.9 Å². The van der Waals surface area contributed by atoms with Gasteiger partial charge >= 0.3 is 5.97 Å². The summed E-state index contributed by atoms with van der Waals surface area (Å²) in [5, 5.41) is 6.45. The van der Waals surface area contributed by atoms with E-state index in [1.54, 1.807) is 6.92 Å². The third-order valence-electron chi connectivity index (χ3n) is 4.27. The van der Waals surface area contributed by atoms with Gasteiger partial charge in [0.1, 0.15) is 10.1 Å². The van der Waals surface area contributed by atoms with Gasteiger partial charge in [0.2, 0.25) is 5.91 Å². The number of rotatable bonds is 4. The van der Waals surface area contributed by atoms with E-state index in [1.807, 2.05) is 0 Å². The lowest BCUT2D eigenvalue weighted by Crippen LogP contribution is -2.58. The average Bonchev–Trinajstić information content (AvgIpc) is 2.97. The zero-order valence-electron chi connectivity index (χ0n) is 12.2. The van der Waals surface area contributed by atoms with Crippen LogP contribution in [0.15, 0.2) is 12.4 Å². The molecule has 0 saturated carbocycles. The first-order valence-corrected chi connectivity index (χ1v) is 8.43. The van der Waals surface area contributed by atoms with Crippen molar-refractivity contribution in [2.75, 3.05) is 6.61 Å². The number of amides is 1. The number of ether oxygens (including phenoxy) is 1. The van der Waals surface area contributed by atoms with E-state index < -0.39 is 32.0 Å². The molecule has 2 aliphatic heterocycles. The Morgan fingerprint density at radius 2 is 2.27 bits per heavy atom. The van der Waals surface area contributed by atoms with Crippen LogP contribution < -0.4 is 0 Å². The smallest absolute Gasteiger partial charge is 0.330 e. The molecule has 2 aliphatic rings. The number of hydrogen-bond acceptors (Lipinski definition) is 7. The molecular formula is C12H16N4O5S. The van der Waals surface area contributed by atoms with Crippen LogP contribution in [-0.2, 0) is 30.7 Å². The summed E-state index contributed by atoms with van der Waals surface area (Å²) in [5.41, 5.74) is 0. The van der Waals surface area contributed by atoms with Crippen molar-refractivity contribution < 1.29 is 22.7 Å². The van der Waals surface area contributed by atoms with Crippen LogP contribution in [0.4, 0.5) is 0 Å². The first-order chi connectivity index (χ1) is 10.3. The van der Waals surface area contributed by atoms with E-state index >= 15 is 0 Å². The Morgan fingerprint density at radius 1 is 1.55 bits per heavy atom. The Bertz CT molecular complexity index is 716. The lowest BCUT2D eigenvalue weighted by Gasteiger charge is -2.36. The minimum absolute atomic E-state index is 0.0703. The first-order valence-electron chi connectivity index (χ1n) is 6.88. The normalized spacial score (nSPS) is 32.5. The highest BCUT2D eigenvalue weighted by molar-refractivity contribution is 7.93. The van der Waals surface area contributed by atoms with Gasteiger partial charge in [0.25, 0.3) is 0 Å². The van der Waals surface area contributed by atoms with E-state index in [2.05, 4.69) is 10.3 Å². The summed E-state index contributed by atoms with van der Waals surface area (Å²) in [5.74, 6) is -1.06. The van der Waals surface area contributed by atoms with Crippen molar-refractivity contribution in [2.45, 2.75) is 43.0 Å². The molecule has 1 aromatic heterocycles. The fourth-order valence-corrected chi connectivity index (χ4v) is 5.49. The van der Waals surface area contributed by atoms with Crippen LogP contribution in [-0.4, -0.2) is 63.0 Å². The van der Waals surface area contributed by atoms with Crippen LogP contribution in [0.1, 0.15) is 20.3 Å². The number of nitrogens with zero attached hydrogens (tertiary/aromatic N) is 4. The van der Waals surface area contributed by atoms with Crippen LogP contribution in [0.3, 0.4) is 0 Å². The fourth-order valence-electron chi connectivity index (χ4n) is 3.13.